The Morgan fingerprint density at radius 3 is 2.65 bits per heavy atom. The van der Waals surface area contributed by atoms with Crippen LogP contribution in [-0.2, 0) is 6.54 Å². The fourth-order valence-corrected chi connectivity index (χ4v) is 1.88. The van der Waals surface area contributed by atoms with Crippen LogP contribution in [0.5, 0.6) is 0 Å². The van der Waals surface area contributed by atoms with E-state index in [1.54, 1.807) is 0 Å². The van der Waals surface area contributed by atoms with Crippen molar-refractivity contribution in [2.45, 2.75) is 26.3 Å². The molecule has 3 nitrogen and oxygen atoms in total. The van der Waals surface area contributed by atoms with Crippen molar-refractivity contribution in [3.8, 4) is 11.4 Å². The molecule has 0 saturated heterocycles. The lowest BCUT2D eigenvalue weighted by molar-refractivity contribution is 0.619. The van der Waals surface area contributed by atoms with Crippen LogP contribution in [0.2, 0.25) is 0 Å². The summed E-state index contributed by atoms with van der Waals surface area (Å²) in [5.41, 5.74) is 7.96. The summed E-state index contributed by atoms with van der Waals surface area (Å²) in [5.74, 6) is 1.04. The summed E-state index contributed by atoms with van der Waals surface area (Å²) in [6, 6.07) is 8.48. The number of rotatable bonds is 5. The molecule has 0 spiro atoms. The third kappa shape index (κ3) is 2.94. The number of nitrogens with two attached hydrogens (primary N) is 1. The van der Waals surface area contributed by atoms with Crippen molar-refractivity contribution in [2.24, 2.45) is 5.73 Å². The molecule has 2 rings (SSSR count). The Labute approximate surface area is 102 Å². The Hall–Kier alpha value is -1.61. The zero-order valence-corrected chi connectivity index (χ0v) is 10.3. The van der Waals surface area contributed by atoms with E-state index < -0.39 is 0 Å². The van der Waals surface area contributed by atoms with Gasteiger partial charge >= 0.3 is 0 Å². The number of hydrogen-bond acceptors (Lipinski definition) is 2. The van der Waals surface area contributed by atoms with Crippen LogP contribution in [0.3, 0.4) is 0 Å². The molecule has 2 aromatic rings. The smallest absolute Gasteiger partial charge is 0.139 e. The summed E-state index contributed by atoms with van der Waals surface area (Å²) < 4.78 is 2.19. The average Bonchev–Trinajstić information content (AvgIpc) is 2.79. The van der Waals surface area contributed by atoms with Crippen molar-refractivity contribution < 1.29 is 0 Å². The maximum atomic E-state index is 5.51. The molecule has 0 amide bonds. The van der Waals surface area contributed by atoms with E-state index >= 15 is 0 Å². The standard InChI is InChI=1S/C14H19N3/c1-12-4-6-13(7-5-12)14-16-9-11-17(14)10-3-2-8-15/h4-7,9,11H,2-3,8,10,15H2,1H3. The monoisotopic (exact) mass is 229 g/mol. The third-order valence-electron chi connectivity index (χ3n) is 2.88. The average molecular weight is 229 g/mol. The summed E-state index contributed by atoms with van der Waals surface area (Å²) in [7, 11) is 0. The molecule has 17 heavy (non-hydrogen) atoms. The van der Waals surface area contributed by atoms with Crippen LogP contribution in [0.25, 0.3) is 11.4 Å². The maximum absolute atomic E-state index is 5.51. The Kier molecular flexibility index (Phi) is 3.94. The number of nitrogens with zero attached hydrogens (tertiary/aromatic N) is 2. The second-order valence-electron chi connectivity index (χ2n) is 4.31. The molecule has 0 saturated carbocycles. The van der Waals surface area contributed by atoms with E-state index in [-0.39, 0.29) is 0 Å². The van der Waals surface area contributed by atoms with Crippen LogP contribution in [0.4, 0.5) is 0 Å². The van der Waals surface area contributed by atoms with Gasteiger partial charge in [0.2, 0.25) is 0 Å². The van der Waals surface area contributed by atoms with Crippen LogP contribution in [0.1, 0.15) is 18.4 Å². The summed E-state index contributed by atoms with van der Waals surface area (Å²) in [6.45, 7) is 3.84. The van der Waals surface area contributed by atoms with Gasteiger partial charge in [-0.15, -0.1) is 0 Å². The highest BCUT2D eigenvalue weighted by Crippen LogP contribution is 2.18. The topological polar surface area (TPSA) is 43.8 Å². The van der Waals surface area contributed by atoms with E-state index in [1.807, 2.05) is 12.4 Å². The fourth-order valence-electron chi connectivity index (χ4n) is 1.88. The zero-order chi connectivity index (χ0) is 12.1. The van der Waals surface area contributed by atoms with Crippen molar-refractivity contribution in [3.05, 3.63) is 42.2 Å². The minimum absolute atomic E-state index is 0.758. The number of aryl methyl sites for hydroxylation is 2. The minimum Gasteiger partial charge on any atom is -0.331 e. The Bertz CT molecular complexity index is 457. The molecule has 0 fully saturated rings. The van der Waals surface area contributed by atoms with Crippen molar-refractivity contribution in [1.29, 1.82) is 0 Å². The first-order chi connectivity index (χ1) is 8.31. The van der Waals surface area contributed by atoms with Gasteiger partial charge in [0.15, 0.2) is 0 Å². The molecule has 90 valence electrons. The molecule has 0 aliphatic rings. The predicted octanol–water partition coefficient (Wildman–Crippen LogP) is 2.60. The van der Waals surface area contributed by atoms with Crippen molar-refractivity contribution in [2.75, 3.05) is 6.54 Å². The van der Waals surface area contributed by atoms with Gasteiger partial charge in [0, 0.05) is 24.5 Å². The van der Waals surface area contributed by atoms with Crippen molar-refractivity contribution in [3.63, 3.8) is 0 Å². The van der Waals surface area contributed by atoms with Gasteiger partial charge < -0.3 is 10.3 Å². The molecule has 0 radical (unpaired) electrons. The highest BCUT2D eigenvalue weighted by atomic mass is 15.1. The van der Waals surface area contributed by atoms with Gasteiger partial charge in [0.1, 0.15) is 5.82 Å². The van der Waals surface area contributed by atoms with Gasteiger partial charge in [-0.1, -0.05) is 29.8 Å². The molecule has 0 unspecified atom stereocenters. The molecule has 1 aromatic heterocycles. The summed E-state index contributed by atoms with van der Waals surface area (Å²) >= 11 is 0. The van der Waals surface area contributed by atoms with E-state index in [0.717, 1.165) is 31.8 Å². The van der Waals surface area contributed by atoms with Gasteiger partial charge in [-0.25, -0.2) is 4.98 Å². The van der Waals surface area contributed by atoms with Crippen molar-refractivity contribution >= 4 is 0 Å². The highest BCUT2D eigenvalue weighted by molar-refractivity contribution is 5.55. The van der Waals surface area contributed by atoms with Gasteiger partial charge in [0.05, 0.1) is 0 Å². The van der Waals surface area contributed by atoms with E-state index in [0.29, 0.717) is 0 Å². The largest absolute Gasteiger partial charge is 0.331 e. The van der Waals surface area contributed by atoms with Crippen LogP contribution < -0.4 is 5.73 Å². The SMILES string of the molecule is Cc1ccc(-c2nccn2CCCCN)cc1. The summed E-state index contributed by atoms with van der Waals surface area (Å²) in [4.78, 5) is 4.43. The number of aromatic nitrogens is 2. The molecule has 1 heterocycles. The van der Waals surface area contributed by atoms with E-state index in [9.17, 15) is 0 Å². The molecule has 3 heteroatoms. The first-order valence-electron chi connectivity index (χ1n) is 6.09. The highest BCUT2D eigenvalue weighted by Gasteiger charge is 2.04. The molecule has 0 aliphatic heterocycles. The fraction of sp³-hybridized carbons (Fsp3) is 0.357. The van der Waals surface area contributed by atoms with E-state index in [1.165, 1.54) is 11.1 Å². The van der Waals surface area contributed by atoms with Crippen LogP contribution in [0, 0.1) is 6.92 Å². The zero-order valence-electron chi connectivity index (χ0n) is 10.3. The summed E-state index contributed by atoms with van der Waals surface area (Å²) in [6.07, 6.45) is 6.06. The Balaban J connectivity index is 2.15. The lowest BCUT2D eigenvalue weighted by atomic mass is 10.1. The molecule has 2 N–H and O–H groups in total. The van der Waals surface area contributed by atoms with Gasteiger partial charge in [-0.05, 0) is 26.3 Å². The maximum Gasteiger partial charge on any atom is 0.139 e. The molecular formula is C14H19N3. The number of imidazole rings is 1. The second-order valence-corrected chi connectivity index (χ2v) is 4.31. The Morgan fingerprint density at radius 1 is 1.18 bits per heavy atom. The molecule has 0 aliphatic carbocycles. The number of hydrogen-bond donors (Lipinski definition) is 1. The normalized spacial score (nSPS) is 10.7. The first-order valence-corrected chi connectivity index (χ1v) is 6.09. The Morgan fingerprint density at radius 2 is 1.94 bits per heavy atom. The second kappa shape index (κ2) is 5.64. The number of unbranched alkanes of at least 4 members (excludes halogenated alkanes) is 1. The summed E-state index contributed by atoms with van der Waals surface area (Å²) in [5, 5.41) is 0. The molecular weight excluding hydrogens is 210 g/mol. The third-order valence-corrected chi connectivity index (χ3v) is 2.88. The van der Waals surface area contributed by atoms with E-state index in [2.05, 4.69) is 40.7 Å². The molecule has 0 atom stereocenters. The molecule has 0 bridgehead atoms. The predicted molar refractivity (Wildman–Crippen MR) is 70.7 cm³/mol. The van der Waals surface area contributed by atoms with Crippen LogP contribution in [0.15, 0.2) is 36.7 Å². The number of benzene rings is 1. The lowest BCUT2D eigenvalue weighted by Crippen LogP contribution is -2.03. The molecule has 1 aromatic carbocycles. The van der Waals surface area contributed by atoms with Gasteiger partial charge in [-0.3, -0.25) is 0 Å². The van der Waals surface area contributed by atoms with Crippen LogP contribution >= 0.6 is 0 Å². The van der Waals surface area contributed by atoms with Gasteiger partial charge in [0.25, 0.3) is 0 Å². The minimum atomic E-state index is 0.758. The van der Waals surface area contributed by atoms with Crippen LogP contribution in [-0.4, -0.2) is 16.1 Å². The first kappa shape index (κ1) is 11.9. The van der Waals surface area contributed by atoms with Gasteiger partial charge in [-0.2, -0.15) is 0 Å². The lowest BCUT2D eigenvalue weighted by Gasteiger charge is -2.07. The van der Waals surface area contributed by atoms with Crippen molar-refractivity contribution in [1.82, 2.24) is 9.55 Å². The quantitative estimate of drug-likeness (QED) is 0.801. The van der Waals surface area contributed by atoms with E-state index in [4.69, 9.17) is 5.73 Å².